The fourth-order valence-electron chi connectivity index (χ4n) is 5.81. The van der Waals surface area contributed by atoms with Crippen molar-refractivity contribution < 1.29 is 0 Å². The van der Waals surface area contributed by atoms with Crippen molar-refractivity contribution in [2.75, 3.05) is 0 Å². The van der Waals surface area contributed by atoms with Crippen LogP contribution in [-0.4, -0.2) is 9.97 Å². The highest BCUT2D eigenvalue weighted by atomic mass is 79.9. The highest BCUT2D eigenvalue weighted by Crippen LogP contribution is 2.37. The maximum absolute atomic E-state index is 3.60. The number of aryl methyl sites for hydroxylation is 6. The number of aromatic nitrogens is 2. The van der Waals surface area contributed by atoms with Gasteiger partial charge in [0.05, 0.1) is 9.21 Å². The van der Waals surface area contributed by atoms with Crippen LogP contribution in [0, 0.1) is 27.7 Å². The molecule has 2 nitrogen and oxygen atoms in total. The molecule has 0 aliphatic rings. The predicted octanol–water partition coefficient (Wildman–Crippen LogP) is 9.50. The third-order valence-electron chi connectivity index (χ3n) is 7.60. The molecule has 0 spiro atoms. The standard InChI is InChI=1S/C30H26Br2N2/c1-15-11-23-17(3)21-7-9-29(31)33-27(21)13-25(23)19(15)5-6-20-16(2)12-24-18(4)22-8-10-30(32)34-28(22)14-26(20)24/h7-14,33-34H,5-6H2,1-4H3. The molecule has 0 bridgehead atoms. The second-order valence-corrected chi connectivity index (χ2v) is 11.3. The lowest BCUT2D eigenvalue weighted by molar-refractivity contribution is 0.965. The molecule has 2 heterocycles. The van der Waals surface area contributed by atoms with Gasteiger partial charge in [-0.1, -0.05) is 12.1 Å². The van der Waals surface area contributed by atoms with Crippen LogP contribution in [0.5, 0.6) is 0 Å². The minimum atomic E-state index is 1.01. The molecule has 6 rings (SSSR count). The van der Waals surface area contributed by atoms with Crippen LogP contribution in [0.4, 0.5) is 0 Å². The van der Waals surface area contributed by atoms with Crippen molar-refractivity contribution in [2.45, 2.75) is 40.5 Å². The van der Waals surface area contributed by atoms with Gasteiger partial charge in [0.15, 0.2) is 0 Å². The van der Waals surface area contributed by atoms with Crippen molar-refractivity contribution in [3.05, 3.63) is 91.1 Å². The minimum Gasteiger partial charge on any atom is -0.349 e. The molecular formula is C30H26Br2N2. The summed E-state index contributed by atoms with van der Waals surface area (Å²) in [7, 11) is 0. The van der Waals surface area contributed by atoms with Crippen LogP contribution >= 0.6 is 31.9 Å². The molecular weight excluding hydrogens is 548 g/mol. The Balaban J connectivity index is 1.47. The van der Waals surface area contributed by atoms with E-state index in [0.717, 1.165) is 22.0 Å². The van der Waals surface area contributed by atoms with Crippen LogP contribution in [0.25, 0.3) is 43.4 Å². The van der Waals surface area contributed by atoms with Crippen molar-refractivity contribution in [1.82, 2.24) is 9.97 Å². The molecule has 4 heteroatoms. The molecule has 0 radical (unpaired) electrons. The van der Waals surface area contributed by atoms with E-state index in [0.29, 0.717) is 0 Å². The summed E-state index contributed by atoms with van der Waals surface area (Å²) in [6, 6.07) is 18.0. The van der Waals surface area contributed by atoms with Gasteiger partial charge in [0.1, 0.15) is 0 Å². The fraction of sp³-hybridized carbons (Fsp3) is 0.200. The summed E-state index contributed by atoms with van der Waals surface area (Å²) in [5.74, 6) is 0. The Morgan fingerprint density at radius 2 is 0.941 bits per heavy atom. The van der Waals surface area contributed by atoms with Crippen molar-refractivity contribution >= 4 is 75.2 Å². The number of aromatic amines is 2. The number of pyridine rings is 2. The summed E-state index contributed by atoms with van der Waals surface area (Å²) in [4.78, 5) is 7.00. The van der Waals surface area contributed by atoms with Crippen molar-refractivity contribution in [3.63, 3.8) is 0 Å². The van der Waals surface area contributed by atoms with Gasteiger partial charge in [-0.2, -0.15) is 0 Å². The van der Waals surface area contributed by atoms with Crippen LogP contribution in [0.2, 0.25) is 0 Å². The van der Waals surface area contributed by atoms with Crippen molar-refractivity contribution in [1.29, 1.82) is 0 Å². The Kier molecular flexibility index (Phi) is 5.16. The number of nitrogens with one attached hydrogen (secondary N) is 2. The third kappa shape index (κ3) is 3.34. The molecule has 170 valence electrons. The molecule has 0 aliphatic heterocycles. The normalized spacial score (nSPS) is 12.1. The lowest BCUT2D eigenvalue weighted by Crippen LogP contribution is -1.94. The van der Waals surface area contributed by atoms with E-state index in [2.05, 4.69) is 118 Å². The monoisotopic (exact) mass is 572 g/mol. The maximum Gasteiger partial charge on any atom is 0.0824 e. The molecule has 0 saturated carbocycles. The molecule has 0 unspecified atom stereocenters. The van der Waals surface area contributed by atoms with Gasteiger partial charge in [0.2, 0.25) is 0 Å². The molecule has 6 aromatic rings. The number of halogens is 2. The molecule has 0 aliphatic carbocycles. The van der Waals surface area contributed by atoms with E-state index < -0.39 is 0 Å². The van der Waals surface area contributed by atoms with Crippen molar-refractivity contribution in [3.8, 4) is 0 Å². The van der Waals surface area contributed by atoms with Gasteiger partial charge in [-0.25, -0.2) is 0 Å². The maximum atomic E-state index is 3.60. The Morgan fingerprint density at radius 3 is 1.35 bits per heavy atom. The number of rotatable bonds is 3. The van der Waals surface area contributed by atoms with E-state index in [9.17, 15) is 0 Å². The van der Waals surface area contributed by atoms with Gasteiger partial charge < -0.3 is 9.97 Å². The van der Waals surface area contributed by atoms with E-state index in [1.54, 1.807) is 0 Å². The van der Waals surface area contributed by atoms with Crippen LogP contribution in [-0.2, 0) is 12.8 Å². The number of benzene rings is 2. The van der Waals surface area contributed by atoms with E-state index in [-0.39, 0.29) is 0 Å². The summed E-state index contributed by atoms with van der Waals surface area (Å²) in [5, 5.41) is 8.08. The van der Waals surface area contributed by atoms with Gasteiger partial charge in [-0.15, -0.1) is 0 Å². The van der Waals surface area contributed by atoms with Gasteiger partial charge in [0, 0.05) is 21.8 Å². The molecule has 0 amide bonds. The molecule has 0 atom stereocenters. The second-order valence-electron chi connectivity index (χ2n) is 9.57. The first kappa shape index (κ1) is 21.9. The lowest BCUT2D eigenvalue weighted by Gasteiger charge is -2.10. The molecule has 4 aromatic carbocycles. The van der Waals surface area contributed by atoms with E-state index >= 15 is 0 Å². The van der Waals surface area contributed by atoms with Gasteiger partial charge in [-0.05, 0) is 164 Å². The Hall–Kier alpha value is -2.56. The number of hydrogen-bond acceptors (Lipinski definition) is 0. The van der Waals surface area contributed by atoms with Crippen LogP contribution < -0.4 is 0 Å². The van der Waals surface area contributed by atoms with E-state index in [1.165, 1.54) is 76.7 Å². The molecule has 2 N–H and O–H groups in total. The van der Waals surface area contributed by atoms with Crippen LogP contribution in [0.15, 0.2) is 57.7 Å². The second kappa shape index (κ2) is 8.00. The van der Waals surface area contributed by atoms with Gasteiger partial charge >= 0.3 is 0 Å². The smallest absolute Gasteiger partial charge is 0.0824 e. The Labute approximate surface area is 216 Å². The average Bonchev–Trinajstić information content (AvgIpc) is 3.28. The Morgan fingerprint density at radius 1 is 0.529 bits per heavy atom. The SMILES string of the molecule is Cc1cc2c(C)c3ccc(Br)[nH]c3cc2c1CCc1c(C)cc2c(C)c3ccc(Br)[nH]c3cc12. The zero-order valence-corrected chi connectivity index (χ0v) is 23.0. The Bertz CT molecular complexity index is 1640. The van der Waals surface area contributed by atoms with Gasteiger partial charge in [0.25, 0.3) is 0 Å². The van der Waals surface area contributed by atoms with Gasteiger partial charge in [-0.3, -0.25) is 0 Å². The minimum absolute atomic E-state index is 1.01. The molecule has 2 aromatic heterocycles. The summed E-state index contributed by atoms with van der Waals surface area (Å²) in [6.07, 6.45) is 2.07. The summed E-state index contributed by atoms with van der Waals surface area (Å²) >= 11 is 7.20. The number of hydrogen-bond donors (Lipinski definition) is 2. The van der Waals surface area contributed by atoms with E-state index in [1.807, 2.05) is 0 Å². The summed E-state index contributed by atoms with van der Waals surface area (Å²) < 4.78 is 2.02. The lowest BCUT2D eigenvalue weighted by atomic mass is 9.97. The molecule has 34 heavy (non-hydrogen) atoms. The number of H-pyrrole nitrogens is 2. The van der Waals surface area contributed by atoms with Crippen LogP contribution in [0.3, 0.4) is 0 Å². The highest BCUT2D eigenvalue weighted by molar-refractivity contribution is 9.10. The summed E-state index contributed by atoms with van der Waals surface area (Å²) in [5.41, 5.74) is 10.8. The third-order valence-corrected chi connectivity index (χ3v) is 8.53. The fourth-order valence-corrected chi connectivity index (χ4v) is 6.50. The largest absolute Gasteiger partial charge is 0.349 e. The zero-order chi connectivity index (χ0) is 23.7. The highest BCUT2D eigenvalue weighted by Gasteiger charge is 2.16. The zero-order valence-electron chi connectivity index (χ0n) is 19.8. The van der Waals surface area contributed by atoms with Crippen molar-refractivity contribution in [2.24, 2.45) is 0 Å². The average molecular weight is 574 g/mol. The topological polar surface area (TPSA) is 31.6 Å². The predicted molar refractivity (Wildman–Crippen MR) is 153 cm³/mol. The quantitative estimate of drug-likeness (QED) is 0.197. The first-order chi connectivity index (χ1) is 16.3. The number of fused-ring (bicyclic) bond motifs is 4. The molecule has 0 fully saturated rings. The first-order valence-electron chi connectivity index (χ1n) is 11.7. The van der Waals surface area contributed by atoms with Crippen LogP contribution in [0.1, 0.15) is 33.4 Å². The first-order valence-corrected chi connectivity index (χ1v) is 13.3. The summed E-state index contributed by atoms with van der Waals surface area (Å²) in [6.45, 7) is 9.01. The van der Waals surface area contributed by atoms with E-state index in [4.69, 9.17) is 0 Å². The molecule has 0 saturated heterocycles.